The maximum atomic E-state index is 12.2. The number of hydrogen-bond donors (Lipinski definition) is 2. The van der Waals surface area contributed by atoms with Gasteiger partial charge in [-0.15, -0.1) is 0 Å². The fourth-order valence-corrected chi connectivity index (χ4v) is 2.80. The number of carbonyl (C=O) groups is 2. The second kappa shape index (κ2) is 5.97. The van der Waals surface area contributed by atoms with Crippen LogP contribution in [-0.4, -0.2) is 78.4 Å². The second-order valence-electron chi connectivity index (χ2n) is 5.78. The van der Waals surface area contributed by atoms with Gasteiger partial charge >= 0.3 is 12.0 Å². The molecule has 0 aromatic carbocycles. The van der Waals surface area contributed by atoms with Gasteiger partial charge < -0.3 is 25.0 Å². The van der Waals surface area contributed by atoms with E-state index in [1.165, 1.54) is 4.90 Å². The minimum absolute atomic E-state index is 0.0311. The number of morpholine rings is 1. The average molecular weight is 285 g/mol. The maximum Gasteiger partial charge on any atom is 0.329 e. The molecule has 7 heteroatoms. The summed E-state index contributed by atoms with van der Waals surface area (Å²) < 4.78 is 5.57. The van der Waals surface area contributed by atoms with Crippen molar-refractivity contribution in [1.29, 1.82) is 0 Å². The summed E-state index contributed by atoms with van der Waals surface area (Å²) in [4.78, 5) is 27.1. The molecule has 2 atom stereocenters. The summed E-state index contributed by atoms with van der Waals surface area (Å²) in [6, 6.07) is -0.316. The summed E-state index contributed by atoms with van der Waals surface area (Å²) in [7, 11) is 2.01. The molecule has 2 amide bonds. The van der Waals surface area contributed by atoms with E-state index >= 15 is 0 Å². The number of hydrogen-bond acceptors (Lipinski definition) is 4. The number of ether oxygens (including phenoxy) is 1. The number of likely N-dealkylation sites (tertiary alicyclic amines) is 1. The number of nitrogens with one attached hydrogen (secondary N) is 1. The van der Waals surface area contributed by atoms with E-state index in [2.05, 4.69) is 10.2 Å². The maximum absolute atomic E-state index is 12.2. The van der Waals surface area contributed by atoms with E-state index in [1.807, 2.05) is 7.05 Å². The average Bonchev–Trinajstić information content (AvgIpc) is 2.80. The van der Waals surface area contributed by atoms with Crippen LogP contribution in [0, 0.1) is 0 Å². The molecule has 0 aliphatic carbocycles. The van der Waals surface area contributed by atoms with Gasteiger partial charge in [-0.3, -0.25) is 0 Å². The fourth-order valence-electron chi connectivity index (χ4n) is 2.80. The number of carbonyl (C=O) groups excluding carboxylic acids is 1. The second-order valence-corrected chi connectivity index (χ2v) is 5.78. The van der Waals surface area contributed by atoms with Gasteiger partial charge in [0.1, 0.15) is 5.54 Å². The van der Waals surface area contributed by atoms with Crippen LogP contribution in [0.5, 0.6) is 0 Å². The minimum atomic E-state index is -1.09. The van der Waals surface area contributed by atoms with Gasteiger partial charge in [-0.2, -0.15) is 0 Å². The van der Waals surface area contributed by atoms with E-state index in [4.69, 9.17) is 4.74 Å². The molecule has 2 fully saturated rings. The largest absolute Gasteiger partial charge is 0.480 e. The number of amides is 2. The first-order valence-electron chi connectivity index (χ1n) is 7.02. The number of rotatable bonds is 3. The van der Waals surface area contributed by atoms with Gasteiger partial charge in [-0.1, -0.05) is 0 Å². The van der Waals surface area contributed by atoms with Gasteiger partial charge in [0.25, 0.3) is 0 Å². The fraction of sp³-hybridized carbons (Fsp3) is 0.846. The lowest BCUT2D eigenvalue weighted by atomic mass is 10.00. The molecule has 20 heavy (non-hydrogen) atoms. The highest BCUT2D eigenvalue weighted by molar-refractivity contribution is 5.86. The molecule has 2 heterocycles. The molecule has 0 saturated carbocycles. The zero-order valence-electron chi connectivity index (χ0n) is 12.1. The van der Waals surface area contributed by atoms with Gasteiger partial charge in [-0.05, 0) is 26.8 Å². The molecule has 0 bridgehead atoms. The monoisotopic (exact) mass is 285 g/mol. The molecular weight excluding hydrogens is 262 g/mol. The molecule has 0 radical (unpaired) electrons. The van der Waals surface area contributed by atoms with Crippen LogP contribution in [0.2, 0.25) is 0 Å². The van der Waals surface area contributed by atoms with Crippen LogP contribution in [0.4, 0.5) is 4.79 Å². The van der Waals surface area contributed by atoms with Crippen molar-refractivity contribution in [3.63, 3.8) is 0 Å². The molecule has 0 spiro atoms. The highest BCUT2D eigenvalue weighted by Crippen LogP contribution is 2.29. The predicted octanol–water partition coefficient (Wildman–Crippen LogP) is -0.0343. The number of nitrogens with zero attached hydrogens (tertiary/aromatic N) is 2. The molecule has 2 aliphatic rings. The number of carboxylic acids is 1. The lowest BCUT2D eigenvalue weighted by Crippen LogP contribution is -2.55. The zero-order chi connectivity index (χ0) is 14.8. The Hall–Kier alpha value is -1.34. The first-order valence-corrected chi connectivity index (χ1v) is 7.02. The number of carboxylic acid groups (broad SMARTS) is 1. The molecule has 2 saturated heterocycles. The quantitative estimate of drug-likeness (QED) is 0.761. The van der Waals surface area contributed by atoms with Crippen LogP contribution in [0.15, 0.2) is 0 Å². The molecule has 2 N–H and O–H groups in total. The molecule has 2 rings (SSSR count). The summed E-state index contributed by atoms with van der Waals surface area (Å²) in [5.74, 6) is -0.946. The Labute approximate surface area is 118 Å². The summed E-state index contributed by atoms with van der Waals surface area (Å²) in [6.45, 7) is 4.83. The lowest BCUT2D eigenvalue weighted by Gasteiger charge is -2.33. The van der Waals surface area contributed by atoms with Crippen molar-refractivity contribution in [2.75, 3.05) is 39.8 Å². The van der Waals surface area contributed by atoms with Gasteiger partial charge in [-0.25, -0.2) is 9.59 Å². The Morgan fingerprint density at radius 3 is 2.85 bits per heavy atom. The lowest BCUT2D eigenvalue weighted by molar-refractivity contribution is -0.147. The first-order chi connectivity index (χ1) is 9.43. The van der Waals surface area contributed by atoms with Crippen molar-refractivity contribution in [3.05, 3.63) is 0 Å². The van der Waals surface area contributed by atoms with Gasteiger partial charge in [0.05, 0.1) is 12.7 Å². The molecule has 0 aromatic heterocycles. The van der Waals surface area contributed by atoms with E-state index in [1.54, 1.807) is 6.92 Å². The highest BCUT2D eigenvalue weighted by Gasteiger charge is 2.46. The normalized spacial score (nSPS) is 31.3. The molecule has 7 nitrogen and oxygen atoms in total. The van der Waals surface area contributed by atoms with Crippen LogP contribution < -0.4 is 5.32 Å². The zero-order valence-corrected chi connectivity index (χ0v) is 12.1. The molecule has 2 aliphatic heterocycles. The van der Waals surface area contributed by atoms with Crippen LogP contribution in [-0.2, 0) is 9.53 Å². The van der Waals surface area contributed by atoms with Crippen molar-refractivity contribution >= 4 is 12.0 Å². The van der Waals surface area contributed by atoms with E-state index < -0.39 is 11.5 Å². The molecule has 114 valence electrons. The highest BCUT2D eigenvalue weighted by atomic mass is 16.5. The Bertz CT molecular complexity index is 390. The standard InChI is InChI=1S/C13H23N3O4/c1-13(11(17)18)4-3-5-16(13)12(19)14-8-10-9-15(2)6-7-20-10/h10H,3-9H2,1-2H3,(H,14,19)(H,17,18). The van der Waals surface area contributed by atoms with Crippen LogP contribution in [0.3, 0.4) is 0 Å². The SMILES string of the molecule is CN1CCOC(CNC(=O)N2CCCC2(C)C(=O)O)C1. The van der Waals surface area contributed by atoms with Crippen LogP contribution in [0.25, 0.3) is 0 Å². The summed E-state index contributed by atoms with van der Waals surface area (Å²) in [5.41, 5.74) is -1.09. The molecular formula is C13H23N3O4. The summed E-state index contributed by atoms with van der Waals surface area (Å²) >= 11 is 0. The van der Waals surface area contributed by atoms with Gasteiger partial charge in [0, 0.05) is 26.2 Å². The third-order valence-corrected chi connectivity index (χ3v) is 4.17. The van der Waals surface area contributed by atoms with Crippen molar-refractivity contribution in [3.8, 4) is 0 Å². The number of aliphatic carboxylic acids is 1. The topological polar surface area (TPSA) is 82.1 Å². The number of urea groups is 1. The third-order valence-electron chi connectivity index (χ3n) is 4.17. The summed E-state index contributed by atoms with van der Waals surface area (Å²) in [5, 5.41) is 12.1. The molecule has 2 unspecified atom stereocenters. The molecule has 0 aromatic rings. The third kappa shape index (κ3) is 3.04. The summed E-state index contributed by atoms with van der Waals surface area (Å²) in [6.07, 6.45) is 1.19. The Balaban J connectivity index is 1.87. The Kier molecular flexibility index (Phi) is 4.49. The van der Waals surface area contributed by atoms with E-state index in [0.717, 1.165) is 19.5 Å². The Morgan fingerprint density at radius 1 is 1.45 bits per heavy atom. The van der Waals surface area contributed by atoms with Crippen molar-refractivity contribution in [1.82, 2.24) is 15.1 Å². The van der Waals surface area contributed by atoms with Crippen LogP contribution >= 0.6 is 0 Å². The number of likely N-dealkylation sites (N-methyl/N-ethyl adjacent to an activating group) is 1. The van der Waals surface area contributed by atoms with E-state index in [-0.39, 0.29) is 12.1 Å². The Morgan fingerprint density at radius 2 is 2.20 bits per heavy atom. The van der Waals surface area contributed by atoms with Crippen molar-refractivity contribution in [2.24, 2.45) is 0 Å². The van der Waals surface area contributed by atoms with Gasteiger partial charge in [0.2, 0.25) is 0 Å². The van der Waals surface area contributed by atoms with Gasteiger partial charge in [0.15, 0.2) is 0 Å². The van der Waals surface area contributed by atoms with E-state index in [9.17, 15) is 14.7 Å². The van der Waals surface area contributed by atoms with Crippen molar-refractivity contribution in [2.45, 2.75) is 31.4 Å². The van der Waals surface area contributed by atoms with E-state index in [0.29, 0.717) is 26.1 Å². The first kappa shape index (κ1) is 15.1. The minimum Gasteiger partial charge on any atom is -0.480 e. The van der Waals surface area contributed by atoms with Crippen molar-refractivity contribution < 1.29 is 19.4 Å². The smallest absolute Gasteiger partial charge is 0.329 e. The van der Waals surface area contributed by atoms with Crippen LogP contribution in [0.1, 0.15) is 19.8 Å². The predicted molar refractivity (Wildman–Crippen MR) is 72.6 cm³/mol.